The Hall–Kier alpha value is -0.870. The first-order valence-electron chi connectivity index (χ1n) is 6.08. The predicted octanol–water partition coefficient (Wildman–Crippen LogP) is 1.81. The molecule has 0 fully saturated rings. The fourth-order valence-electron chi connectivity index (χ4n) is 1.62. The lowest BCUT2D eigenvalue weighted by molar-refractivity contribution is 0.199. The van der Waals surface area contributed by atoms with Crippen molar-refractivity contribution in [2.45, 2.75) is 39.3 Å². The molecule has 1 heterocycles. The minimum absolute atomic E-state index is 0.747. The van der Waals surface area contributed by atoms with Gasteiger partial charge >= 0.3 is 0 Å². The summed E-state index contributed by atoms with van der Waals surface area (Å²) < 4.78 is 7.21. The fourth-order valence-corrected chi connectivity index (χ4v) is 1.62. The molecule has 0 bridgehead atoms. The second-order valence-corrected chi connectivity index (χ2v) is 3.91. The van der Waals surface area contributed by atoms with Gasteiger partial charge in [-0.3, -0.25) is 0 Å². The Balaban J connectivity index is 2.26. The van der Waals surface area contributed by atoms with Crippen LogP contribution in [0.2, 0.25) is 0 Å². The van der Waals surface area contributed by atoms with Crippen molar-refractivity contribution in [3.8, 4) is 0 Å². The van der Waals surface area contributed by atoms with E-state index in [0.29, 0.717) is 0 Å². The van der Waals surface area contributed by atoms with Crippen molar-refractivity contribution in [2.24, 2.45) is 0 Å². The second kappa shape index (κ2) is 8.30. The van der Waals surface area contributed by atoms with Crippen LogP contribution in [-0.4, -0.2) is 29.8 Å². The van der Waals surface area contributed by atoms with Gasteiger partial charge in [-0.1, -0.05) is 19.8 Å². The molecule has 0 radical (unpaired) electrons. The van der Waals surface area contributed by atoms with E-state index in [1.54, 1.807) is 7.11 Å². The molecule has 4 heteroatoms. The van der Waals surface area contributed by atoms with Crippen LogP contribution >= 0.6 is 0 Å². The molecule has 0 spiro atoms. The Labute approximate surface area is 98.0 Å². The molecule has 92 valence electrons. The number of hydrogen-bond donors (Lipinski definition) is 1. The van der Waals surface area contributed by atoms with Gasteiger partial charge in [0.1, 0.15) is 5.82 Å². The summed E-state index contributed by atoms with van der Waals surface area (Å²) in [5.41, 5.74) is 0. The SMILES string of the molecule is CCCCCn1ccnc1CNCCOC. The lowest BCUT2D eigenvalue weighted by Gasteiger charge is -2.08. The van der Waals surface area contributed by atoms with Crippen molar-refractivity contribution in [2.75, 3.05) is 20.3 Å². The summed E-state index contributed by atoms with van der Waals surface area (Å²) in [4.78, 5) is 4.35. The maximum absolute atomic E-state index is 4.98. The average molecular weight is 225 g/mol. The van der Waals surface area contributed by atoms with Gasteiger partial charge in [0.05, 0.1) is 13.2 Å². The summed E-state index contributed by atoms with van der Waals surface area (Å²) in [5.74, 6) is 1.12. The van der Waals surface area contributed by atoms with E-state index in [2.05, 4.69) is 28.0 Å². The van der Waals surface area contributed by atoms with Gasteiger partial charge in [0.25, 0.3) is 0 Å². The molecule has 1 aromatic rings. The molecule has 0 unspecified atom stereocenters. The molecule has 0 aliphatic carbocycles. The second-order valence-electron chi connectivity index (χ2n) is 3.91. The Morgan fingerprint density at radius 3 is 3.06 bits per heavy atom. The summed E-state index contributed by atoms with van der Waals surface area (Å²) in [6.45, 7) is 5.74. The number of rotatable bonds is 9. The minimum Gasteiger partial charge on any atom is -0.383 e. The topological polar surface area (TPSA) is 39.1 Å². The highest BCUT2D eigenvalue weighted by atomic mass is 16.5. The van der Waals surface area contributed by atoms with Crippen LogP contribution in [0.15, 0.2) is 12.4 Å². The number of methoxy groups -OCH3 is 1. The zero-order valence-electron chi connectivity index (χ0n) is 10.4. The highest BCUT2D eigenvalue weighted by Crippen LogP contribution is 2.02. The standard InChI is InChI=1S/C12H23N3O/c1-3-4-5-8-15-9-6-14-12(15)11-13-7-10-16-2/h6,9,13H,3-5,7-8,10-11H2,1-2H3. The third-order valence-electron chi connectivity index (χ3n) is 2.57. The minimum atomic E-state index is 0.747. The van der Waals surface area contributed by atoms with E-state index in [4.69, 9.17) is 4.74 Å². The molecule has 0 aliphatic rings. The van der Waals surface area contributed by atoms with Crippen LogP contribution in [0, 0.1) is 0 Å². The zero-order valence-corrected chi connectivity index (χ0v) is 10.4. The van der Waals surface area contributed by atoms with Crippen LogP contribution < -0.4 is 5.32 Å². The molecule has 0 atom stereocenters. The van der Waals surface area contributed by atoms with Crippen LogP contribution in [0.3, 0.4) is 0 Å². The number of aryl methyl sites for hydroxylation is 1. The Morgan fingerprint density at radius 1 is 1.44 bits per heavy atom. The van der Waals surface area contributed by atoms with Gasteiger partial charge in [0, 0.05) is 32.6 Å². The van der Waals surface area contributed by atoms with Gasteiger partial charge < -0.3 is 14.6 Å². The van der Waals surface area contributed by atoms with Crippen LogP contribution in [0.5, 0.6) is 0 Å². The van der Waals surface area contributed by atoms with E-state index < -0.39 is 0 Å². The number of hydrogen-bond acceptors (Lipinski definition) is 3. The van der Waals surface area contributed by atoms with Crippen molar-refractivity contribution in [1.29, 1.82) is 0 Å². The smallest absolute Gasteiger partial charge is 0.122 e. The van der Waals surface area contributed by atoms with Crippen LogP contribution in [0.1, 0.15) is 32.0 Å². The molecule has 0 saturated heterocycles. The molecular formula is C12H23N3O. The largest absolute Gasteiger partial charge is 0.383 e. The third kappa shape index (κ3) is 4.77. The lowest BCUT2D eigenvalue weighted by atomic mass is 10.2. The van der Waals surface area contributed by atoms with Gasteiger partial charge in [-0.05, 0) is 6.42 Å². The molecule has 4 nitrogen and oxygen atoms in total. The molecule has 1 rings (SSSR count). The molecule has 0 aliphatic heterocycles. The average Bonchev–Trinajstić information content (AvgIpc) is 2.73. The van der Waals surface area contributed by atoms with Crippen LogP contribution in [0.4, 0.5) is 0 Å². The summed E-state index contributed by atoms with van der Waals surface area (Å²) in [6.07, 6.45) is 7.71. The Morgan fingerprint density at radius 2 is 2.31 bits per heavy atom. The van der Waals surface area contributed by atoms with E-state index in [9.17, 15) is 0 Å². The summed E-state index contributed by atoms with van der Waals surface area (Å²) in [7, 11) is 1.72. The molecule has 1 aromatic heterocycles. The monoisotopic (exact) mass is 225 g/mol. The normalized spacial score (nSPS) is 10.9. The van der Waals surface area contributed by atoms with Crippen molar-refractivity contribution >= 4 is 0 Å². The number of aromatic nitrogens is 2. The van der Waals surface area contributed by atoms with Gasteiger partial charge in [0.15, 0.2) is 0 Å². The summed E-state index contributed by atoms with van der Waals surface area (Å²) >= 11 is 0. The first kappa shape index (κ1) is 13.2. The van der Waals surface area contributed by atoms with Gasteiger partial charge in [-0.2, -0.15) is 0 Å². The lowest BCUT2D eigenvalue weighted by Crippen LogP contribution is -2.21. The molecule has 0 amide bonds. The van der Waals surface area contributed by atoms with Gasteiger partial charge in [-0.15, -0.1) is 0 Å². The van der Waals surface area contributed by atoms with E-state index in [-0.39, 0.29) is 0 Å². The first-order chi connectivity index (χ1) is 7.88. The van der Waals surface area contributed by atoms with E-state index in [1.165, 1.54) is 19.3 Å². The van der Waals surface area contributed by atoms with Crippen LogP contribution in [0.25, 0.3) is 0 Å². The van der Waals surface area contributed by atoms with Gasteiger partial charge in [-0.25, -0.2) is 4.98 Å². The van der Waals surface area contributed by atoms with Gasteiger partial charge in [0.2, 0.25) is 0 Å². The third-order valence-corrected chi connectivity index (χ3v) is 2.57. The number of imidazole rings is 1. The Kier molecular flexibility index (Phi) is 6.85. The number of nitrogens with one attached hydrogen (secondary N) is 1. The van der Waals surface area contributed by atoms with E-state index in [0.717, 1.165) is 32.1 Å². The Bertz CT molecular complexity index is 273. The van der Waals surface area contributed by atoms with Crippen molar-refractivity contribution < 1.29 is 4.74 Å². The molecule has 0 saturated carbocycles. The fraction of sp³-hybridized carbons (Fsp3) is 0.750. The maximum Gasteiger partial charge on any atom is 0.122 e. The highest BCUT2D eigenvalue weighted by molar-refractivity contribution is 4.91. The van der Waals surface area contributed by atoms with Crippen molar-refractivity contribution in [3.05, 3.63) is 18.2 Å². The highest BCUT2D eigenvalue weighted by Gasteiger charge is 2.01. The summed E-state index contributed by atoms with van der Waals surface area (Å²) in [6, 6.07) is 0. The first-order valence-corrected chi connectivity index (χ1v) is 6.08. The zero-order chi connectivity index (χ0) is 11.6. The predicted molar refractivity (Wildman–Crippen MR) is 65.3 cm³/mol. The molecule has 16 heavy (non-hydrogen) atoms. The molecule has 0 aromatic carbocycles. The maximum atomic E-state index is 4.98. The summed E-state index contributed by atoms with van der Waals surface area (Å²) in [5, 5.41) is 3.31. The van der Waals surface area contributed by atoms with Crippen molar-refractivity contribution in [1.82, 2.24) is 14.9 Å². The van der Waals surface area contributed by atoms with E-state index >= 15 is 0 Å². The number of nitrogens with zero attached hydrogens (tertiary/aromatic N) is 2. The number of unbranched alkanes of at least 4 members (excludes halogenated alkanes) is 2. The van der Waals surface area contributed by atoms with E-state index in [1.807, 2.05) is 6.20 Å². The van der Waals surface area contributed by atoms with Crippen molar-refractivity contribution in [3.63, 3.8) is 0 Å². The van der Waals surface area contributed by atoms with Crippen LogP contribution in [-0.2, 0) is 17.8 Å². The number of ether oxygens (including phenoxy) is 1. The molecule has 1 N–H and O–H groups in total. The molecular weight excluding hydrogens is 202 g/mol. The quantitative estimate of drug-likeness (QED) is 0.651.